The fourth-order valence-electron chi connectivity index (χ4n) is 4.53. The largest absolute Gasteiger partial charge is 0.481 e. The lowest BCUT2D eigenvalue weighted by molar-refractivity contribution is -0.155. The van der Waals surface area contributed by atoms with E-state index in [1.807, 2.05) is 11.8 Å². The van der Waals surface area contributed by atoms with Gasteiger partial charge in [0.05, 0.1) is 11.5 Å². The van der Waals surface area contributed by atoms with Crippen molar-refractivity contribution in [1.29, 1.82) is 0 Å². The van der Waals surface area contributed by atoms with Gasteiger partial charge in [0.25, 0.3) is 0 Å². The molecule has 1 saturated carbocycles. The summed E-state index contributed by atoms with van der Waals surface area (Å²) in [5, 5.41) is 12.8. The van der Waals surface area contributed by atoms with Crippen LogP contribution in [0.1, 0.15) is 45.4 Å². The Balaban J connectivity index is 1.62. The number of nitrogens with one attached hydrogen (secondary N) is 1. The lowest BCUT2D eigenvalue weighted by Gasteiger charge is -2.39. The lowest BCUT2D eigenvalue weighted by atomic mass is 9.76. The van der Waals surface area contributed by atoms with E-state index in [1.165, 1.54) is 12.8 Å². The average molecular weight is 294 g/mol. The van der Waals surface area contributed by atoms with Crippen molar-refractivity contribution in [3.63, 3.8) is 0 Å². The highest BCUT2D eigenvalue weighted by molar-refractivity contribution is 5.83. The minimum absolute atomic E-state index is 0.0172. The van der Waals surface area contributed by atoms with E-state index in [-0.39, 0.29) is 11.9 Å². The van der Waals surface area contributed by atoms with Gasteiger partial charge in [0.1, 0.15) is 0 Å². The van der Waals surface area contributed by atoms with Crippen molar-refractivity contribution >= 4 is 11.9 Å². The third-order valence-electron chi connectivity index (χ3n) is 6.17. The summed E-state index contributed by atoms with van der Waals surface area (Å²) in [6, 6.07) is -0.0172. The van der Waals surface area contributed by atoms with Gasteiger partial charge in [-0.25, -0.2) is 0 Å². The SMILES string of the molecule is CCC1(C(=O)O)CCN(C(=O)C2NCC3CCCC32)CC1. The van der Waals surface area contributed by atoms with Crippen LogP contribution in [0, 0.1) is 17.3 Å². The summed E-state index contributed by atoms with van der Waals surface area (Å²) in [6.07, 6.45) is 5.49. The number of carboxylic acid groups (broad SMARTS) is 1. The first-order chi connectivity index (χ1) is 10.1. The van der Waals surface area contributed by atoms with Crippen LogP contribution >= 0.6 is 0 Å². The topological polar surface area (TPSA) is 69.6 Å². The zero-order valence-electron chi connectivity index (χ0n) is 12.8. The van der Waals surface area contributed by atoms with Crippen LogP contribution in [0.2, 0.25) is 0 Å². The number of carbonyl (C=O) groups is 2. The maximum absolute atomic E-state index is 12.7. The van der Waals surface area contributed by atoms with Crippen LogP contribution in [-0.2, 0) is 9.59 Å². The van der Waals surface area contributed by atoms with Gasteiger partial charge in [0.2, 0.25) is 5.91 Å². The number of carbonyl (C=O) groups excluding carboxylic acids is 1. The molecule has 118 valence electrons. The zero-order valence-corrected chi connectivity index (χ0v) is 12.8. The Hall–Kier alpha value is -1.10. The summed E-state index contributed by atoms with van der Waals surface area (Å²) in [6.45, 7) is 4.10. The Labute approximate surface area is 126 Å². The van der Waals surface area contributed by atoms with Crippen LogP contribution < -0.4 is 5.32 Å². The van der Waals surface area contributed by atoms with Gasteiger partial charge in [0.15, 0.2) is 0 Å². The summed E-state index contributed by atoms with van der Waals surface area (Å²) < 4.78 is 0. The molecule has 0 bridgehead atoms. The molecule has 5 heteroatoms. The molecule has 2 aliphatic heterocycles. The van der Waals surface area contributed by atoms with Crippen LogP contribution in [-0.4, -0.2) is 47.6 Å². The molecule has 0 spiro atoms. The minimum atomic E-state index is -0.702. The van der Waals surface area contributed by atoms with E-state index in [1.54, 1.807) is 0 Å². The number of hydrogen-bond donors (Lipinski definition) is 2. The number of fused-ring (bicyclic) bond motifs is 1. The molecular weight excluding hydrogens is 268 g/mol. The van der Waals surface area contributed by atoms with Crippen molar-refractivity contribution in [3.8, 4) is 0 Å². The van der Waals surface area contributed by atoms with Crippen molar-refractivity contribution in [2.45, 2.75) is 51.5 Å². The molecule has 21 heavy (non-hydrogen) atoms. The Morgan fingerprint density at radius 3 is 2.62 bits per heavy atom. The van der Waals surface area contributed by atoms with E-state index in [0.717, 1.165) is 13.0 Å². The number of aliphatic carboxylic acids is 1. The van der Waals surface area contributed by atoms with Gasteiger partial charge in [-0.2, -0.15) is 0 Å². The predicted molar refractivity (Wildman–Crippen MR) is 78.8 cm³/mol. The standard InChI is InChI=1S/C16H26N2O3/c1-2-16(15(20)21)6-8-18(9-7-16)14(19)13-12-5-3-4-11(12)10-17-13/h11-13,17H,2-10H2,1H3,(H,20,21). The Kier molecular flexibility index (Phi) is 3.95. The van der Waals surface area contributed by atoms with E-state index in [2.05, 4.69) is 5.32 Å². The van der Waals surface area contributed by atoms with Gasteiger partial charge < -0.3 is 15.3 Å². The molecule has 0 aromatic heterocycles. The number of nitrogens with zero attached hydrogens (tertiary/aromatic N) is 1. The molecule has 3 atom stereocenters. The molecule has 3 rings (SSSR count). The highest BCUT2D eigenvalue weighted by Crippen LogP contribution is 2.40. The van der Waals surface area contributed by atoms with E-state index in [9.17, 15) is 14.7 Å². The van der Waals surface area contributed by atoms with Gasteiger partial charge in [-0.1, -0.05) is 13.3 Å². The number of amides is 1. The Bertz CT molecular complexity index is 429. The zero-order chi connectivity index (χ0) is 15.0. The van der Waals surface area contributed by atoms with E-state index < -0.39 is 11.4 Å². The quantitative estimate of drug-likeness (QED) is 0.827. The summed E-state index contributed by atoms with van der Waals surface area (Å²) in [7, 11) is 0. The molecule has 3 aliphatic rings. The molecule has 1 amide bonds. The van der Waals surface area contributed by atoms with Crippen molar-refractivity contribution in [2.75, 3.05) is 19.6 Å². The number of rotatable bonds is 3. The number of piperidine rings is 1. The van der Waals surface area contributed by atoms with Gasteiger partial charge in [-0.15, -0.1) is 0 Å². The van der Waals surface area contributed by atoms with Crippen molar-refractivity contribution in [1.82, 2.24) is 10.2 Å². The van der Waals surface area contributed by atoms with Gasteiger partial charge in [-0.3, -0.25) is 9.59 Å². The maximum atomic E-state index is 12.7. The van der Waals surface area contributed by atoms with Gasteiger partial charge >= 0.3 is 5.97 Å². The van der Waals surface area contributed by atoms with E-state index in [4.69, 9.17) is 0 Å². The smallest absolute Gasteiger partial charge is 0.309 e. The van der Waals surface area contributed by atoms with Gasteiger partial charge in [-0.05, 0) is 50.5 Å². The Morgan fingerprint density at radius 1 is 1.29 bits per heavy atom. The molecule has 0 aromatic carbocycles. The first-order valence-electron chi connectivity index (χ1n) is 8.33. The van der Waals surface area contributed by atoms with Crippen LogP contribution in [0.4, 0.5) is 0 Å². The Morgan fingerprint density at radius 2 is 2.00 bits per heavy atom. The summed E-state index contributed by atoms with van der Waals surface area (Å²) in [4.78, 5) is 26.1. The molecule has 3 fully saturated rings. The third kappa shape index (κ3) is 2.45. The first-order valence-corrected chi connectivity index (χ1v) is 8.33. The molecule has 3 unspecified atom stereocenters. The molecule has 2 N–H and O–H groups in total. The summed E-state index contributed by atoms with van der Waals surface area (Å²) >= 11 is 0. The normalized spacial score (nSPS) is 34.7. The van der Waals surface area contributed by atoms with E-state index >= 15 is 0 Å². The molecule has 5 nitrogen and oxygen atoms in total. The summed E-state index contributed by atoms with van der Waals surface area (Å²) in [5.74, 6) is 0.693. The molecule has 1 aliphatic carbocycles. The molecule has 0 aromatic rings. The fourth-order valence-corrected chi connectivity index (χ4v) is 4.53. The highest BCUT2D eigenvalue weighted by atomic mass is 16.4. The monoisotopic (exact) mass is 294 g/mol. The van der Waals surface area contributed by atoms with Crippen LogP contribution in [0.3, 0.4) is 0 Å². The van der Waals surface area contributed by atoms with Crippen molar-refractivity contribution < 1.29 is 14.7 Å². The molecule has 0 radical (unpaired) electrons. The minimum Gasteiger partial charge on any atom is -0.481 e. The molecular formula is C16H26N2O3. The van der Waals surface area contributed by atoms with Crippen molar-refractivity contribution in [2.24, 2.45) is 17.3 Å². The third-order valence-corrected chi connectivity index (χ3v) is 6.17. The second kappa shape index (κ2) is 5.59. The second-order valence-corrected chi connectivity index (χ2v) is 7.01. The molecule has 2 saturated heterocycles. The van der Waals surface area contributed by atoms with E-state index in [0.29, 0.717) is 44.2 Å². The highest BCUT2D eigenvalue weighted by Gasteiger charge is 2.46. The number of carboxylic acids is 1. The summed E-state index contributed by atoms with van der Waals surface area (Å²) in [5.41, 5.74) is -0.615. The maximum Gasteiger partial charge on any atom is 0.309 e. The first kappa shape index (κ1) is 14.8. The fraction of sp³-hybridized carbons (Fsp3) is 0.875. The average Bonchev–Trinajstić information content (AvgIpc) is 3.09. The van der Waals surface area contributed by atoms with Gasteiger partial charge in [0, 0.05) is 13.1 Å². The number of likely N-dealkylation sites (tertiary alicyclic amines) is 1. The van der Waals surface area contributed by atoms with Crippen LogP contribution in [0.25, 0.3) is 0 Å². The predicted octanol–water partition coefficient (Wildman–Crippen LogP) is 1.48. The molecule has 2 heterocycles. The van der Waals surface area contributed by atoms with Crippen LogP contribution in [0.5, 0.6) is 0 Å². The van der Waals surface area contributed by atoms with Crippen LogP contribution in [0.15, 0.2) is 0 Å². The number of hydrogen-bond acceptors (Lipinski definition) is 3. The van der Waals surface area contributed by atoms with Crippen molar-refractivity contribution in [3.05, 3.63) is 0 Å². The second-order valence-electron chi connectivity index (χ2n) is 7.01. The lowest BCUT2D eigenvalue weighted by Crippen LogP contribution is -2.52.